The number of nitrogens with zero attached hydrogens (tertiary/aromatic N) is 3. The number of aryl methyl sites for hydroxylation is 2. The van der Waals surface area contributed by atoms with Crippen molar-refractivity contribution in [2.24, 2.45) is 7.05 Å². The number of imidazole rings is 1. The topological polar surface area (TPSA) is 46.5 Å². The van der Waals surface area contributed by atoms with E-state index in [1.54, 1.807) is 6.33 Å². The van der Waals surface area contributed by atoms with Gasteiger partial charge in [-0.25, -0.2) is 4.98 Å². The van der Waals surface area contributed by atoms with Gasteiger partial charge in [0, 0.05) is 46.9 Å². The molecule has 4 rings (SSSR count). The van der Waals surface area contributed by atoms with E-state index in [0.717, 1.165) is 50.4 Å². The number of hydrogen-bond donors (Lipinski definition) is 1. The fraction of sp³-hybridized carbons (Fsp3) is 0.158. The lowest BCUT2D eigenvalue weighted by atomic mass is 10.0. The Morgan fingerprint density at radius 3 is 2.79 bits per heavy atom. The number of aromatic amines is 1. The van der Waals surface area contributed by atoms with Crippen molar-refractivity contribution < 1.29 is 0 Å². The van der Waals surface area contributed by atoms with Crippen LogP contribution in [0, 0.1) is 6.92 Å². The van der Waals surface area contributed by atoms with Gasteiger partial charge in [0.25, 0.3) is 0 Å². The highest BCUT2D eigenvalue weighted by Gasteiger charge is 2.15. The molecule has 120 valence electrons. The predicted molar refractivity (Wildman–Crippen MR) is 97.3 cm³/mol. The first-order valence-electron chi connectivity index (χ1n) is 7.82. The normalized spacial score (nSPS) is 11.3. The van der Waals surface area contributed by atoms with Gasteiger partial charge in [-0.05, 0) is 18.6 Å². The highest BCUT2D eigenvalue weighted by molar-refractivity contribution is 6.33. The summed E-state index contributed by atoms with van der Waals surface area (Å²) in [6.07, 6.45) is 4.31. The van der Waals surface area contributed by atoms with Gasteiger partial charge in [-0.3, -0.25) is 4.68 Å². The number of fused-ring (bicyclic) bond motifs is 1. The molecule has 5 heteroatoms. The van der Waals surface area contributed by atoms with Crippen LogP contribution in [-0.4, -0.2) is 19.7 Å². The number of nitrogens with one attached hydrogen (secondary N) is 1. The van der Waals surface area contributed by atoms with E-state index in [2.05, 4.69) is 40.3 Å². The Labute approximate surface area is 145 Å². The van der Waals surface area contributed by atoms with Crippen molar-refractivity contribution in [2.45, 2.75) is 13.3 Å². The number of halogens is 1. The Balaban J connectivity index is 1.89. The number of H-pyrrole nitrogens is 1. The van der Waals surface area contributed by atoms with Gasteiger partial charge in [-0.15, -0.1) is 0 Å². The van der Waals surface area contributed by atoms with Crippen molar-refractivity contribution in [2.75, 3.05) is 0 Å². The van der Waals surface area contributed by atoms with Crippen molar-refractivity contribution in [3.63, 3.8) is 0 Å². The molecular weight excluding hydrogens is 320 g/mol. The van der Waals surface area contributed by atoms with Gasteiger partial charge in [0.15, 0.2) is 0 Å². The lowest BCUT2D eigenvalue weighted by Crippen LogP contribution is -1.99. The number of benzene rings is 2. The first kappa shape index (κ1) is 15.0. The minimum Gasteiger partial charge on any atom is -0.348 e. The van der Waals surface area contributed by atoms with Crippen LogP contribution in [0.5, 0.6) is 0 Å². The lowest BCUT2D eigenvalue weighted by Gasteiger charge is -2.06. The molecule has 1 N–H and O–H groups in total. The molecule has 24 heavy (non-hydrogen) atoms. The minimum atomic E-state index is 0.753. The molecule has 0 aliphatic carbocycles. The van der Waals surface area contributed by atoms with Gasteiger partial charge in [0.1, 0.15) is 5.52 Å². The molecule has 0 fully saturated rings. The largest absolute Gasteiger partial charge is 0.348 e. The van der Waals surface area contributed by atoms with Crippen molar-refractivity contribution in [1.29, 1.82) is 0 Å². The zero-order chi connectivity index (χ0) is 16.7. The standard InChI is InChI=1S/C19H17ClN4/c1-12-6-7-14(17(20)8-12)15-4-3-5-16-18(24(2)23-19(15)16)9-13-10-21-11-22-13/h3-8,10-11H,9H2,1-2H3,(H,21,22). The first-order valence-corrected chi connectivity index (χ1v) is 8.19. The zero-order valence-corrected chi connectivity index (χ0v) is 14.3. The second kappa shape index (κ2) is 5.80. The molecule has 4 nitrogen and oxygen atoms in total. The summed E-state index contributed by atoms with van der Waals surface area (Å²) >= 11 is 6.48. The summed E-state index contributed by atoms with van der Waals surface area (Å²) in [5.41, 5.74) is 6.41. The van der Waals surface area contributed by atoms with E-state index in [9.17, 15) is 0 Å². The highest BCUT2D eigenvalue weighted by atomic mass is 35.5. The SMILES string of the molecule is Cc1ccc(-c2cccc3c(Cc4cnc[nH]4)n(C)nc23)c(Cl)c1. The summed E-state index contributed by atoms with van der Waals surface area (Å²) in [4.78, 5) is 7.25. The fourth-order valence-electron chi connectivity index (χ4n) is 3.10. The summed E-state index contributed by atoms with van der Waals surface area (Å²) in [5.74, 6) is 0. The Morgan fingerprint density at radius 2 is 2.04 bits per heavy atom. The molecule has 2 heterocycles. The fourth-order valence-corrected chi connectivity index (χ4v) is 3.43. The number of rotatable bonds is 3. The zero-order valence-electron chi connectivity index (χ0n) is 13.5. The summed E-state index contributed by atoms with van der Waals surface area (Å²) in [6.45, 7) is 2.04. The smallest absolute Gasteiger partial charge is 0.100 e. The van der Waals surface area contributed by atoms with Crippen LogP contribution in [0.2, 0.25) is 5.02 Å². The van der Waals surface area contributed by atoms with E-state index in [1.165, 1.54) is 0 Å². The van der Waals surface area contributed by atoms with Crippen molar-refractivity contribution >= 4 is 22.5 Å². The van der Waals surface area contributed by atoms with Gasteiger partial charge in [0.2, 0.25) is 0 Å². The van der Waals surface area contributed by atoms with Crippen LogP contribution in [0.4, 0.5) is 0 Å². The molecule has 4 aromatic rings. The third-order valence-electron chi connectivity index (χ3n) is 4.32. The van der Waals surface area contributed by atoms with E-state index in [0.29, 0.717) is 0 Å². The van der Waals surface area contributed by atoms with E-state index in [-0.39, 0.29) is 0 Å². The maximum atomic E-state index is 6.48. The Morgan fingerprint density at radius 1 is 1.17 bits per heavy atom. The van der Waals surface area contributed by atoms with Crippen LogP contribution in [0.15, 0.2) is 48.9 Å². The molecule has 0 radical (unpaired) electrons. The first-order chi connectivity index (χ1) is 11.6. The van der Waals surface area contributed by atoms with E-state index >= 15 is 0 Å². The third-order valence-corrected chi connectivity index (χ3v) is 4.63. The minimum absolute atomic E-state index is 0.753. The van der Waals surface area contributed by atoms with Crippen molar-refractivity contribution in [3.05, 3.63) is 70.9 Å². The maximum absolute atomic E-state index is 6.48. The van der Waals surface area contributed by atoms with Crippen LogP contribution >= 0.6 is 11.6 Å². The Bertz CT molecular complexity index is 1020. The Hall–Kier alpha value is -2.59. The third kappa shape index (κ3) is 2.49. The molecule has 0 bridgehead atoms. The molecule has 0 saturated heterocycles. The second-order valence-electron chi connectivity index (χ2n) is 6.01. The molecular formula is C19H17ClN4. The van der Waals surface area contributed by atoms with Crippen LogP contribution in [0.1, 0.15) is 17.0 Å². The van der Waals surface area contributed by atoms with Crippen molar-refractivity contribution in [3.8, 4) is 11.1 Å². The van der Waals surface area contributed by atoms with Crippen LogP contribution in [0.3, 0.4) is 0 Å². The summed E-state index contributed by atoms with van der Waals surface area (Å²) in [5, 5.41) is 6.65. The van der Waals surface area contributed by atoms with Gasteiger partial charge in [0.05, 0.1) is 12.0 Å². The summed E-state index contributed by atoms with van der Waals surface area (Å²) < 4.78 is 1.94. The van der Waals surface area contributed by atoms with Crippen LogP contribution in [-0.2, 0) is 13.5 Å². The number of hydrogen-bond acceptors (Lipinski definition) is 2. The molecule has 0 saturated carbocycles. The van der Waals surface area contributed by atoms with Gasteiger partial charge < -0.3 is 4.98 Å². The van der Waals surface area contributed by atoms with Crippen LogP contribution < -0.4 is 0 Å². The van der Waals surface area contributed by atoms with Gasteiger partial charge in [-0.1, -0.05) is 41.9 Å². The molecule has 0 unspecified atom stereocenters. The molecule has 0 aliphatic heterocycles. The lowest BCUT2D eigenvalue weighted by molar-refractivity contribution is 0.732. The average molecular weight is 337 g/mol. The molecule has 0 atom stereocenters. The summed E-state index contributed by atoms with van der Waals surface area (Å²) in [6, 6.07) is 12.4. The van der Waals surface area contributed by atoms with Gasteiger partial charge >= 0.3 is 0 Å². The average Bonchev–Trinajstić information content (AvgIpc) is 3.17. The predicted octanol–water partition coefficient (Wildman–Crippen LogP) is 4.52. The molecule has 2 aromatic carbocycles. The number of aromatic nitrogens is 4. The second-order valence-corrected chi connectivity index (χ2v) is 6.42. The summed E-state index contributed by atoms with van der Waals surface area (Å²) in [7, 11) is 1.98. The van der Waals surface area contributed by atoms with E-state index < -0.39 is 0 Å². The molecule has 0 aliphatic rings. The highest BCUT2D eigenvalue weighted by Crippen LogP contribution is 2.34. The molecule has 0 amide bonds. The molecule has 2 aromatic heterocycles. The quantitative estimate of drug-likeness (QED) is 0.598. The van der Waals surface area contributed by atoms with E-state index in [4.69, 9.17) is 16.7 Å². The van der Waals surface area contributed by atoms with Gasteiger partial charge in [-0.2, -0.15) is 5.10 Å². The van der Waals surface area contributed by atoms with E-state index in [1.807, 2.05) is 30.9 Å². The molecule has 0 spiro atoms. The maximum Gasteiger partial charge on any atom is 0.100 e. The Kier molecular flexibility index (Phi) is 3.62. The monoisotopic (exact) mass is 336 g/mol. The van der Waals surface area contributed by atoms with Crippen molar-refractivity contribution in [1.82, 2.24) is 19.7 Å². The van der Waals surface area contributed by atoms with Crippen LogP contribution in [0.25, 0.3) is 22.0 Å².